The molecule has 1 atom stereocenters. The molecule has 138 valence electrons. The molecule has 3 heterocycles. The molecule has 2 aliphatic rings. The number of nitrogens with zero attached hydrogens (tertiary/aromatic N) is 3. The number of aromatic nitrogens is 2. The van der Waals surface area contributed by atoms with E-state index in [4.69, 9.17) is 4.42 Å². The highest BCUT2D eigenvalue weighted by Gasteiger charge is 2.38. The molecule has 1 aliphatic heterocycles. The van der Waals surface area contributed by atoms with E-state index in [1.54, 1.807) is 11.3 Å². The molecule has 27 heavy (non-hydrogen) atoms. The minimum absolute atomic E-state index is 0.0114. The topological polar surface area (TPSA) is 59.2 Å². The molecule has 1 amide bonds. The Kier molecular flexibility index (Phi) is 4.28. The molecule has 2 aromatic heterocycles. The predicted octanol–water partition coefficient (Wildman–Crippen LogP) is 5.04. The van der Waals surface area contributed by atoms with Gasteiger partial charge in [-0.1, -0.05) is 18.2 Å². The molecule has 1 saturated carbocycles. The summed E-state index contributed by atoms with van der Waals surface area (Å²) in [5, 5.41) is 2.99. The lowest BCUT2D eigenvalue weighted by Crippen LogP contribution is -2.39. The minimum Gasteiger partial charge on any atom is -0.440 e. The van der Waals surface area contributed by atoms with Crippen LogP contribution < -0.4 is 0 Å². The molecule has 5 nitrogen and oxygen atoms in total. The van der Waals surface area contributed by atoms with Crippen molar-refractivity contribution in [3.05, 3.63) is 58.4 Å². The maximum absolute atomic E-state index is 13.5. The van der Waals surface area contributed by atoms with Gasteiger partial charge in [0.25, 0.3) is 5.91 Å². The standard InChI is InChI=1S/C21H21N3O2S/c25-21(24-12-5-4-8-16(24)20-22-11-13-27-20)17-18(14-9-10-14)26-19(23-17)15-6-2-1-3-7-15/h1-3,6-7,11,13-14,16H,4-5,8-10,12H2. The molecule has 5 rings (SSSR count). The van der Waals surface area contributed by atoms with Crippen molar-refractivity contribution in [3.8, 4) is 11.5 Å². The zero-order valence-electron chi connectivity index (χ0n) is 15.0. The summed E-state index contributed by atoms with van der Waals surface area (Å²) in [6.07, 6.45) is 7.06. The maximum atomic E-state index is 13.5. The Morgan fingerprint density at radius 2 is 2.00 bits per heavy atom. The zero-order valence-corrected chi connectivity index (χ0v) is 15.8. The van der Waals surface area contributed by atoms with Crippen LogP contribution in [0.15, 0.2) is 46.3 Å². The fourth-order valence-corrected chi connectivity index (χ4v) is 4.56. The van der Waals surface area contributed by atoms with Gasteiger partial charge in [-0.25, -0.2) is 9.97 Å². The number of oxazole rings is 1. The summed E-state index contributed by atoms with van der Waals surface area (Å²) >= 11 is 1.62. The van der Waals surface area contributed by atoms with E-state index in [-0.39, 0.29) is 11.9 Å². The number of carbonyl (C=O) groups is 1. The van der Waals surface area contributed by atoms with Crippen LogP contribution in [0.3, 0.4) is 0 Å². The predicted molar refractivity (Wildman–Crippen MR) is 104 cm³/mol. The SMILES string of the molecule is O=C(c1nc(-c2ccccc2)oc1C1CC1)N1CCCCC1c1nccs1. The molecule has 1 saturated heterocycles. The zero-order chi connectivity index (χ0) is 18.2. The Morgan fingerprint density at radius 3 is 2.74 bits per heavy atom. The van der Waals surface area contributed by atoms with Gasteiger partial charge in [-0.05, 0) is 44.2 Å². The number of carbonyl (C=O) groups excluding carboxylic acids is 1. The molecule has 0 radical (unpaired) electrons. The third kappa shape index (κ3) is 3.18. The van der Waals surface area contributed by atoms with Crippen LogP contribution >= 0.6 is 11.3 Å². The van der Waals surface area contributed by atoms with Crippen LogP contribution in [-0.2, 0) is 0 Å². The third-order valence-corrected chi connectivity index (χ3v) is 6.20. The number of likely N-dealkylation sites (tertiary alicyclic amines) is 1. The highest BCUT2D eigenvalue weighted by molar-refractivity contribution is 7.09. The minimum atomic E-state index is -0.0114. The van der Waals surface area contributed by atoms with Crippen LogP contribution in [0.1, 0.15) is 65.3 Å². The smallest absolute Gasteiger partial charge is 0.276 e. The second-order valence-corrected chi connectivity index (χ2v) is 8.18. The highest BCUT2D eigenvalue weighted by atomic mass is 32.1. The van der Waals surface area contributed by atoms with Gasteiger partial charge in [0, 0.05) is 29.6 Å². The van der Waals surface area contributed by atoms with Gasteiger partial charge < -0.3 is 9.32 Å². The Labute approximate surface area is 162 Å². The Hall–Kier alpha value is -2.47. The van der Waals surface area contributed by atoms with E-state index in [1.165, 1.54) is 0 Å². The van der Waals surface area contributed by atoms with E-state index < -0.39 is 0 Å². The van der Waals surface area contributed by atoms with Crippen molar-refractivity contribution in [1.29, 1.82) is 0 Å². The second-order valence-electron chi connectivity index (χ2n) is 7.25. The lowest BCUT2D eigenvalue weighted by atomic mass is 10.0. The van der Waals surface area contributed by atoms with Crippen molar-refractivity contribution in [2.75, 3.05) is 6.54 Å². The fraction of sp³-hybridized carbons (Fsp3) is 0.381. The highest BCUT2D eigenvalue weighted by Crippen LogP contribution is 2.44. The molecule has 3 aromatic rings. The lowest BCUT2D eigenvalue weighted by molar-refractivity contribution is 0.0603. The number of piperidine rings is 1. The van der Waals surface area contributed by atoms with E-state index in [2.05, 4.69) is 9.97 Å². The molecule has 2 fully saturated rings. The Morgan fingerprint density at radius 1 is 1.15 bits per heavy atom. The van der Waals surface area contributed by atoms with Crippen molar-refractivity contribution in [2.24, 2.45) is 0 Å². The van der Waals surface area contributed by atoms with Gasteiger partial charge in [0.15, 0.2) is 5.69 Å². The summed E-state index contributed by atoms with van der Waals surface area (Å²) in [6, 6.07) is 9.87. The van der Waals surface area contributed by atoms with E-state index in [1.807, 2.05) is 46.8 Å². The van der Waals surface area contributed by atoms with Crippen LogP contribution in [0, 0.1) is 0 Å². The number of rotatable bonds is 4. The van der Waals surface area contributed by atoms with Crippen molar-refractivity contribution in [1.82, 2.24) is 14.9 Å². The average Bonchev–Trinajstić information content (AvgIpc) is 3.24. The molecule has 1 unspecified atom stereocenters. The molecule has 1 aliphatic carbocycles. The van der Waals surface area contributed by atoms with Crippen molar-refractivity contribution >= 4 is 17.2 Å². The molecule has 0 spiro atoms. The molecule has 0 bridgehead atoms. The molecule has 0 N–H and O–H groups in total. The van der Waals surface area contributed by atoms with Gasteiger partial charge >= 0.3 is 0 Å². The molecular weight excluding hydrogens is 358 g/mol. The van der Waals surface area contributed by atoms with Crippen LogP contribution in [-0.4, -0.2) is 27.3 Å². The number of hydrogen-bond donors (Lipinski definition) is 0. The van der Waals surface area contributed by atoms with Gasteiger partial charge in [0.1, 0.15) is 10.8 Å². The Bertz CT molecular complexity index is 932. The first-order valence-corrected chi connectivity index (χ1v) is 10.5. The fourth-order valence-electron chi connectivity index (χ4n) is 3.78. The first kappa shape index (κ1) is 16.7. The van der Waals surface area contributed by atoms with Gasteiger partial charge in [-0.15, -0.1) is 11.3 Å². The quantitative estimate of drug-likeness (QED) is 0.637. The van der Waals surface area contributed by atoms with Crippen molar-refractivity contribution in [3.63, 3.8) is 0 Å². The number of thiazole rings is 1. The maximum Gasteiger partial charge on any atom is 0.276 e. The van der Waals surface area contributed by atoms with Gasteiger partial charge in [0.2, 0.25) is 5.89 Å². The molecule has 1 aromatic carbocycles. The normalized spacial score (nSPS) is 20.0. The first-order valence-electron chi connectivity index (χ1n) is 9.58. The summed E-state index contributed by atoms with van der Waals surface area (Å²) in [4.78, 5) is 24.6. The van der Waals surface area contributed by atoms with Crippen LogP contribution in [0.4, 0.5) is 0 Å². The van der Waals surface area contributed by atoms with Crippen LogP contribution in [0.5, 0.6) is 0 Å². The second kappa shape index (κ2) is 6.93. The summed E-state index contributed by atoms with van der Waals surface area (Å²) in [5.41, 5.74) is 1.41. The van der Waals surface area contributed by atoms with E-state index >= 15 is 0 Å². The van der Waals surface area contributed by atoms with E-state index in [9.17, 15) is 4.79 Å². The van der Waals surface area contributed by atoms with E-state index in [0.29, 0.717) is 17.5 Å². The van der Waals surface area contributed by atoms with Gasteiger partial charge in [0.05, 0.1) is 6.04 Å². The lowest BCUT2D eigenvalue weighted by Gasteiger charge is -2.34. The summed E-state index contributed by atoms with van der Waals surface area (Å²) in [6.45, 7) is 0.751. The number of hydrogen-bond acceptors (Lipinski definition) is 5. The monoisotopic (exact) mass is 379 g/mol. The summed E-state index contributed by atoms with van der Waals surface area (Å²) in [5.74, 6) is 1.63. The summed E-state index contributed by atoms with van der Waals surface area (Å²) in [7, 11) is 0. The average molecular weight is 379 g/mol. The van der Waals surface area contributed by atoms with Gasteiger partial charge in [-0.3, -0.25) is 4.79 Å². The van der Waals surface area contributed by atoms with Crippen LogP contribution in [0.25, 0.3) is 11.5 Å². The molecule has 6 heteroatoms. The van der Waals surface area contributed by atoms with Crippen molar-refractivity contribution in [2.45, 2.75) is 44.1 Å². The Balaban J connectivity index is 1.51. The van der Waals surface area contributed by atoms with Gasteiger partial charge in [-0.2, -0.15) is 0 Å². The third-order valence-electron chi connectivity index (χ3n) is 5.32. The van der Waals surface area contributed by atoms with Crippen LogP contribution in [0.2, 0.25) is 0 Å². The number of benzene rings is 1. The van der Waals surface area contributed by atoms with Crippen molar-refractivity contribution < 1.29 is 9.21 Å². The number of amides is 1. The summed E-state index contributed by atoms with van der Waals surface area (Å²) < 4.78 is 6.09. The largest absolute Gasteiger partial charge is 0.440 e. The van der Waals surface area contributed by atoms with E-state index in [0.717, 1.165) is 55.0 Å². The first-order chi connectivity index (χ1) is 13.3. The molecular formula is C21H21N3O2S.